The van der Waals surface area contributed by atoms with Crippen LogP contribution >= 0.6 is 0 Å². The fraction of sp³-hybridized carbons (Fsp3) is 0.667. The first-order valence-electron chi connectivity index (χ1n) is 5.31. The van der Waals surface area contributed by atoms with Crippen molar-refractivity contribution in [2.75, 3.05) is 6.61 Å². The molecule has 1 aromatic rings. The van der Waals surface area contributed by atoms with Crippen LogP contribution in [-0.4, -0.2) is 30.9 Å². The first kappa shape index (κ1) is 15.9. The number of hydrogen-bond donors (Lipinski definition) is 1. The molecular formula is C9H14F3N3O3S. The summed E-state index contributed by atoms with van der Waals surface area (Å²) in [6, 6.07) is 0. The van der Waals surface area contributed by atoms with Crippen LogP contribution in [0.2, 0.25) is 0 Å². The van der Waals surface area contributed by atoms with Crippen LogP contribution in [0.5, 0.6) is 0 Å². The Morgan fingerprint density at radius 3 is 2.47 bits per heavy atom. The van der Waals surface area contributed by atoms with Gasteiger partial charge in [-0.3, -0.25) is 4.74 Å². The van der Waals surface area contributed by atoms with E-state index < -0.39 is 23.0 Å². The minimum atomic E-state index is -4.72. The quantitative estimate of drug-likeness (QED) is 0.885. The molecule has 0 bridgehead atoms. The van der Waals surface area contributed by atoms with Crippen LogP contribution in [-0.2, 0) is 21.3 Å². The zero-order valence-corrected chi connectivity index (χ0v) is 11.1. The number of imidazole rings is 1. The lowest BCUT2D eigenvalue weighted by atomic mass is 10.2. The molecule has 0 aliphatic heterocycles. The van der Waals surface area contributed by atoms with Gasteiger partial charge in [-0.15, -0.1) is 13.2 Å². The molecule has 0 aromatic carbocycles. The number of rotatable bonds is 5. The molecule has 2 N–H and O–H groups in total. The molecule has 19 heavy (non-hydrogen) atoms. The molecule has 1 rings (SSSR count). The number of aromatic nitrogens is 2. The van der Waals surface area contributed by atoms with Crippen molar-refractivity contribution < 1.29 is 26.3 Å². The normalized spacial score (nSPS) is 13.2. The van der Waals surface area contributed by atoms with Gasteiger partial charge in [0.15, 0.2) is 5.03 Å². The predicted molar refractivity (Wildman–Crippen MR) is 59.7 cm³/mol. The summed E-state index contributed by atoms with van der Waals surface area (Å²) in [7, 11) is -3.99. The van der Waals surface area contributed by atoms with Gasteiger partial charge in [0, 0.05) is 18.7 Å². The molecule has 1 heterocycles. The average molecular weight is 301 g/mol. The fourth-order valence-electron chi connectivity index (χ4n) is 1.44. The summed E-state index contributed by atoms with van der Waals surface area (Å²) in [5.74, 6) is 0.163. The smallest absolute Gasteiger partial charge is 0.331 e. The van der Waals surface area contributed by atoms with E-state index in [0.29, 0.717) is 5.82 Å². The number of nitrogens with zero attached hydrogens (tertiary/aromatic N) is 2. The van der Waals surface area contributed by atoms with E-state index in [9.17, 15) is 21.6 Å². The van der Waals surface area contributed by atoms with E-state index in [1.165, 1.54) is 4.57 Å². The van der Waals surface area contributed by atoms with Crippen molar-refractivity contribution in [3.8, 4) is 0 Å². The van der Waals surface area contributed by atoms with Gasteiger partial charge in [-0.2, -0.15) is 0 Å². The zero-order chi connectivity index (χ0) is 14.8. The Labute approximate surface area is 108 Å². The molecule has 0 radical (unpaired) electrons. The molecule has 0 atom stereocenters. The highest BCUT2D eigenvalue weighted by Gasteiger charge is 2.29. The molecule has 0 fully saturated rings. The minimum absolute atomic E-state index is 0.165. The van der Waals surface area contributed by atoms with Crippen LogP contribution in [0.4, 0.5) is 13.2 Å². The third-order valence-electron chi connectivity index (χ3n) is 2.19. The second-order valence-electron chi connectivity index (χ2n) is 4.12. The molecule has 0 aliphatic rings. The third kappa shape index (κ3) is 4.80. The number of hydrogen-bond acceptors (Lipinski definition) is 4. The summed E-state index contributed by atoms with van der Waals surface area (Å²) in [5.41, 5.74) is 0. The van der Waals surface area contributed by atoms with Crippen molar-refractivity contribution in [1.29, 1.82) is 0 Å². The maximum Gasteiger partial charge on any atom is 0.522 e. The van der Waals surface area contributed by atoms with Gasteiger partial charge in [0.25, 0.3) is 10.0 Å². The van der Waals surface area contributed by atoms with E-state index in [1.54, 1.807) is 13.8 Å². The first-order chi connectivity index (χ1) is 8.50. The molecule has 6 nitrogen and oxygen atoms in total. The molecule has 110 valence electrons. The largest absolute Gasteiger partial charge is 0.522 e. The monoisotopic (exact) mass is 301 g/mol. The first-order valence-corrected chi connectivity index (χ1v) is 6.86. The summed E-state index contributed by atoms with van der Waals surface area (Å²) in [6.45, 7) is 2.66. The van der Waals surface area contributed by atoms with Crippen LogP contribution in [0.15, 0.2) is 11.2 Å². The summed E-state index contributed by atoms with van der Waals surface area (Å²) in [4.78, 5) is 3.81. The number of ether oxygens (including phenoxy) is 1. The molecular weight excluding hydrogens is 287 g/mol. The van der Waals surface area contributed by atoms with E-state index in [2.05, 4.69) is 9.72 Å². The number of halogens is 3. The Kier molecular flexibility index (Phi) is 4.59. The van der Waals surface area contributed by atoms with E-state index >= 15 is 0 Å². The summed E-state index contributed by atoms with van der Waals surface area (Å²) in [6.07, 6.45) is -3.62. The molecule has 1 aromatic heterocycles. The Hall–Kier alpha value is -1.13. The van der Waals surface area contributed by atoms with Gasteiger partial charge in [-0.05, 0) is 0 Å². The standard InChI is InChI=1S/C9H14F3N3O3S/c1-6(2)8-14-7(19(13,16)17)5-15(8)3-4-18-9(10,11)12/h5-6H,3-4H2,1-2H3,(H2,13,16,17). The lowest BCUT2D eigenvalue weighted by Gasteiger charge is -2.11. The highest BCUT2D eigenvalue weighted by molar-refractivity contribution is 7.89. The van der Waals surface area contributed by atoms with Crippen LogP contribution in [0.1, 0.15) is 25.6 Å². The van der Waals surface area contributed by atoms with Crippen LogP contribution in [0.25, 0.3) is 0 Å². The van der Waals surface area contributed by atoms with E-state index in [4.69, 9.17) is 5.14 Å². The lowest BCUT2D eigenvalue weighted by molar-refractivity contribution is -0.325. The third-order valence-corrected chi connectivity index (χ3v) is 2.97. The summed E-state index contributed by atoms with van der Waals surface area (Å²) in [5, 5.41) is 4.55. The average Bonchev–Trinajstić information content (AvgIpc) is 2.59. The number of primary sulfonamides is 1. The fourth-order valence-corrected chi connectivity index (χ4v) is 1.94. The number of sulfonamides is 1. The minimum Gasteiger partial charge on any atom is -0.331 e. The molecule has 0 saturated carbocycles. The summed E-state index contributed by atoms with van der Waals surface area (Å²) < 4.78 is 62.8. The van der Waals surface area contributed by atoms with Gasteiger partial charge in [-0.1, -0.05) is 13.8 Å². The maximum absolute atomic E-state index is 11.8. The van der Waals surface area contributed by atoms with Crippen molar-refractivity contribution in [3.63, 3.8) is 0 Å². The summed E-state index contributed by atoms with van der Waals surface area (Å²) >= 11 is 0. The second-order valence-corrected chi connectivity index (χ2v) is 5.63. The van der Waals surface area contributed by atoms with E-state index in [1.807, 2.05) is 0 Å². The molecule has 0 amide bonds. The van der Waals surface area contributed by atoms with Gasteiger partial charge in [-0.25, -0.2) is 18.5 Å². The van der Waals surface area contributed by atoms with Gasteiger partial charge in [0.05, 0.1) is 6.61 Å². The van der Waals surface area contributed by atoms with Gasteiger partial charge in [0.2, 0.25) is 0 Å². The van der Waals surface area contributed by atoms with Crippen molar-refractivity contribution >= 4 is 10.0 Å². The molecule has 0 unspecified atom stereocenters. The van der Waals surface area contributed by atoms with Crippen LogP contribution in [0.3, 0.4) is 0 Å². The van der Waals surface area contributed by atoms with Gasteiger partial charge < -0.3 is 4.57 Å². The van der Waals surface area contributed by atoms with Crippen molar-refractivity contribution in [3.05, 3.63) is 12.0 Å². The van der Waals surface area contributed by atoms with Crippen LogP contribution in [0, 0.1) is 0 Å². The lowest BCUT2D eigenvalue weighted by Crippen LogP contribution is -2.18. The molecule has 0 saturated heterocycles. The Morgan fingerprint density at radius 2 is 2.05 bits per heavy atom. The SMILES string of the molecule is CC(C)c1nc(S(N)(=O)=O)cn1CCOC(F)(F)F. The topological polar surface area (TPSA) is 87.2 Å². The van der Waals surface area contributed by atoms with Crippen molar-refractivity contribution in [1.82, 2.24) is 9.55 Å². The predicted octanol–water partition coefficient (Wildman–Crippen LogP) is 1.19. The highest BCUT2D eigenvalue weighted by Crippen LogP contribution is 2.19. The van der Waals surface area contributed by atoms with Gasteiger partial charge >= 0.3 is 6.36 Å². The molecule has 0 spiro atoms. The maximum atomic E-state index is 11.8. The Bertz CT molecular complexity index is 537. The van der Waals surface area contributed by atoms with E-state index in [0.717, 1.165) is 6.20 Å². The molecule has 10 heteroatoms. The van der Waals surface area contributed by atoms with E-state index in [-0.39, 0.29) is 17.5 Å². The number of alkyl halides is 3. The Balaban J connectivity index is 2.90. The molecule has 0 aliphatic carbocycles. The highest BCUT2D eigenvalue weighted by atomic mass is 32.2. The van der Waals surface area contributed by atoms with Crippen molar-refractivity contribution in [2.24, 2.45) is 5.14 Å². The Morgan fingerprint density at radius 1 is 1.47 bits per heavy atom. The van der Waals surface area contributed by atoms with Crippen molar-refractivity contribution in [2.45, 2.75) is 37.7 Å². The van der Waals surface area contributed by atoms with Gasteiger partial charge in [0.1, 0.15) is 5.82 Å². The zero-order valence-electron chi connectivity index (χ0n) is 10.3. The number of nitrogens with two attached hydrogens (primary N) is 1. The van der Waals surface area contributed by atoms with Crippen LogP contribution < -0.4 is 5.14 Å². The second kappa shape index (κ2) is 5.47.